The fraction of sp³-hybridized carbons (Fsp3) is 0.143. The number of pyridine rings is 1. The van der Waals surface area contributed by atoms with Crippen LogP contribution >= 0.6 is 0 Å². The normalized spacial score (nSPS) is 10.3. The van der Waals surface area contributed by atoms with Crippen molar-refractivity contribution in [3.05, 3.63) is 46.7 Å². The number of halogens is 2. The van der Waals surface area contributed by atoms with Gasteiger partial charge in [-0.05, 0) is 37.6 Å². The van der Waals surface area contributed by atoms with Gasteiger partial charge in [-0.25, -0.2) is 13.8 Å². The molecule has 0 unspecified atom stereocenters. The molecule has 2 aromatic rings. The lowest BCUT2D eigenvalue weighted by molar-refractivity contribution is 0.603. The predicted octanol–water partition coefficient (Wildman–Crippen LogP) is 3.10. The van der Waals surface area contributed by atoms with Crippen LogP contribution in [0.2, 0.25) is 0 Å². The van der Waals surface area contributed by atoms with Crippen LogP contribution in [0.25, 0.3) is 11.1 Å². The van der Waals surface area contributed by atoms with E-state index in [1.54, 1.807) is 13.8 Å². The smallest absolute Gasteiger partial charge is 0.142 e. The Bertz CT molecular complexity index is 703. The summed E-state index contributed by atoms with van der Waals surface area (Å²) in [6.07, 6.45) is 0. The molecule has 0 aliphatic heterocycles. The molecule has 1 aromatic carbocycles. The topological polar surface area (TPSA) is 62.7 Å². The first-order valence-corrected chi connectivity index (χ1v) is 5.58. The fourth-order valence-corrected chi connectivity index (χ4v) is 1.96. The molecule has 1 aromatic heterocycles. The number of benzene rings is 1. The summed E-state index contributed by atoms with van der Waals surface area (Å²) >= 11 is 0. The highest BCUT2D eigenvalue weighted by Crippen LogP contribution is 2.33. The van der Waals surface area contributed by atoms with Crippen molar-refractivity contribution in [1.82, 2.24) is 4.98 Å². The summed E-state index contributed by atoms with van der Waals surface area (Å²) in [5.74, 6) is -1.16. The van der Waals surface area contributed by atoms with Crippen molar-refractivity contribution in [1.29, 1.82) is 5.26 Å². The zero-order valence-corrected chi connectivity index (χ0v) is 10.5. The second-order valence-electron chi connectivity index (χ2n) is 4.19. The van der Waals surface area contributed by atoms with E-state index in [0.717, 1.165) is 18.2 Å². The first-order valence-electron chi connectivity index (χ1n) is 5.58. The van der Waals surface area contributed by atoms with E-state index in [1.807, 2.05) is 6.07 Å². The van der Waals surface area contributed by atoms with E-state index in [4.69, 9.17) is 11.0 Å². The first kappa shape index (κ1) is 13.0. The second-order valence-corrected chi connectivity index (χ2v) is 4.19. The number of aromatic nitrogens is 1. The van der Waals surface area contributed by atoms with E-state index in [1.165, 1.54) is 0 Å². The van der Waals surface area contributed by atoms with Crippen molar-refractivity contribution < 1.29 is 8.78 Å². The lowest BCUT2D eigenvalue weighted by Crippen LogP contribution is -2.04. The van der Waals surface area contributed by atoms with Gasteiger partial charge < -0.3 is 5.73 Å². The van der Waals surface area contributed by atoms with Gasteiger partial charge in [-0.1, -0.05) is 0 Å². The number of nitrogen functional groups attached to an aromatic ring is 1. The van der Waals surface area contributed by atoms with Crippen LogP contribution in [-0.4, -0.2) is 4.98 Å². The number of nitrogens with zero attached hydrogens (tertiary/aromatic N) is 2. The molecular weight excluding hydrogens is 248 g/mol. The average Bonchev–Trinajstić information content (AvgIpc) is 2.36. The maximum atomic E-state index is 13.9. The number of nitrogens with two attached hydrogens (primary N) is 1. The molecule has 19 heavy (non-hydrogen) atoms. The Hall–Kier alpha value is -2.48. The molecule has 0 aliphatic carbocycles. The van der Waals surface area contributed by atoms with Crippen molar-refractivity contribution in [2.24, 2.45) is 0 Å². The standard InChI is InChI=1S/C14H11F2N3/c1-7-8(2)19-14(18)11(6-17)13(7)10-5-9(15)3-4-12(10)16/h3-5H,1-2H3,(H2,18,19). The minimum absolute atomic E-state index is 0.0178. The van der Waals surface area contributed by atoms with Crippen molar-refractivity contribution in [3.8, 4) is 17.2 Å². The third kappa shape index (κ3) is 2.13. The highest BCUT2D eigenvalue weighted by Gasteiger charge is 2.18. The number of aryl methyl sites for hydroxylation is 1. The minimum Gasteiger partial charge on any atom is -0.383 e. The second kappa shape index (κ2) is 4.65. The Morgan fingerprint density at radius 2 is 1.95 bits per heavy atom. The zero-order chi connectivity index (χ0) is 14.2. The van der Waals surface area contributed by atoms with Gasteiger partial charge in [0.2, 0.25) is 0 Å². The third-order valence-corrected chi connectivity index (χ3v) is 3.02. The molecule has 0 saturated heterocycles. The SMILES string of the molecule is Cc1nc(N)c(C#N)c(-c2cc(F)ccc2F)c1C. The third-order valence-electron chi connectivity index (χ3n) is 3.02. The molecule has 0 atom stereocenters. The summed E-state index contributed by atoms with van der Waals surface area (Å²) in [5.41, 5.74) is 7.24. The van der Waals surface area contributed by atoms with E-state index in [2.05, 4.69) is 4.98 Å². The quantitative estimate of drug-likeness (QED) is 0.855. The van der Waals surface area contributed by atoms with Crippen molar-refractivity contribution in [3.63, 3.8) is 0 Å². The Kier molecular flexibility index (Phi) is 3.17. The molecule has 0 spiro atoms. The van der Waals surface area contributed by atoms with Crippen LogP contribution in [-0.2, 0) is 0 Å². The van der Waals surface area contributed by atoms with Gasteiger partial charge in [-0.2, -0.15) is 5.26 Å². The number of rotatable bonds is 1. The van der Waals surface area contributed by atoms with Crippen LogP contribution in [0.3, 0.4) is 0 Å². The first-order chi connectivity index (χ1) is 8.95. The summed E-state index contributed by atoms with van der Waals surface area (Å²) in [6, 6.07) is 5.00. The maximum absolute atomic E-state index is 13.9. The molecule has 96 valence electrons. The zero-order valence-electron chi connectivity index (χ0n) is 10.5. The molecule has 0 radical (unpaired) electrons. The lowest BCUT2D eigenvalue weighted by atomic mass is 9.94. The van der Waals surface area contributed by atoms with E-state index in [-0.39, 0.29) is 16.9 Å². The summed E-state index contributed by atoms with van der Waals surface area (Å²) < 4.78 is 27.2. The van der Waals surface area contributed by atoms with Gasteiger partial charge in [0.25, 0.3) is 0 Å². The van der Waals surface area contributed by atoms with Crippen LogP contribution in [0.15, 0.2) is 18.2 Å². The van der Waals surface area contributed by atoms with Gasteiger partial charge in [0.1, 0.15) is 29.1 Å². The van der Waals surface area contributed by atoms with Gasteiger partial charge in [0, 0.05) is 16.8 Å². The largest absolute Gasteiger partial charge is 0.383 e. The van der Waals surface area contributed by atoms with Crippen LogP contribution < -0.4 is 5.73 Å². The Morgan fingerprint density at radius 3 is 2.58 bits per heavy atom. The van der Waals surface area contributed by atoms with E-state index >= 15 is 0 Å². The Labute approximate surface area is 109 Å². The highest BCUT2D eigenvalue weighted by molar-refractivity contribution is 5.79. The molecule has 0 aliphatic rings. The van der Waals surface area contributed by atoms with Crippen molar-refractivity contribution in [2.45, 2.75) is 13.8 Å². The summed E-state index contributed by atoms with van der Waals surface area (Å²) in [7, 11) is 0. The number of anilines is 1. The number of hydrogen-bond donors (Lipinski definition) is 1. The van der Waals surface area contributed by atoms with Crippen LogP contribution in [0, 0.1) is 36.8 Å². The molecular formula is C14H11F2N3. The van der Waals surface area contributed by atoms with Gasteiger partial charge in [-0.3, -0.25) is 0 Å². The van der Waals surface area contributed by atoms with Crippen LogP contribution in [0.4, 0.5) is 14.6 Å². The highest BCUT2D eigenvalue weighted by atomic mass is 19.1. The van der Waals surface area contributed by atoms with E-state index in [0.29, 0.717) is 16.8 Å². The lowest BCUT2D eigenvalue weighted by Gasteiger charge is -2.13. The average molecular weight is 259 g/mol. The fourth-order valence-electron chi connectivity index (χ4n) is 1.96. The van der Waals surface area contributed by atoms with Crippen molar-refractivity contribution >= 4 is 5.82 Å². The van der Waals surface area contributed by atoms with Crippen LogP contribution in [0.5, 0.6) is 0 Å². The van der Waals surface area contributed by atoms with E-state index < -0.39 is 11.6 Å². The molecule has 2 rings (SSSR count). The van der Waals surface area contributed by atoms with Gasteiger partial charge >= 0.3 is 0 Å². The minimum atomic E-state index is -0.606. The number of hydrogen-bond acceptors (Lipinski definition) is 3. The van der Waals surface area contributed by atoms with Gasteiger partial charge in [0.05, 0.1) is 0 Å². The molecule has 0 amide bonds. The number of nitriles is 1. The Balaban J connectivity index is 2.89. The predicted molar refractivity (Wildman–Crippen MR) is 68.2 cm³/mol. The van der Waals surface area contributed by atoms with E-state index in [9.17, 15) is 8.78 Å². The summed E-state index contributed by atoms with van der Waals surface area (Å²) in [6.45, 7) is 3.40. The van der Waals surface area contributed by atoms with Crippen molar-refractivity contribution in [2.75, 3.05) is 5.73 Å². The molecule has 0 saturated carbocycles. The molecule has 0 fully saturated rings. The molecule has 5 heteroatoms. The molecule has 3 nitrogen and oxygen atoms in total. The monoisotopic (exact) mass is 259 g/mol. The molecule has 1 heterocycles. The summed E-state index contributed by atoms with van der Waals surface area (Å²) in [5, 5.41) is 9.15. The maximum Gasteiger partial charge on any atom is 0.142 e. The molecule has 2 N–H and O–H groups in total. The van der Waals surface area contributed by atoms with Gasteiger partial charge in [0.15, 0.2) is 0 Å². The summed E-state index contributed by atoms with van der Waals surface area (Å²) in [4.78, 5) is 4.02. The molecule has 0 bridgehead atoms. The van der Waals surface area contributed by atoms with Gasteiger partial charge in [-0.15, -0.1) is 0 Å². The van der Waals surface area contributed by atoms with Crippen LogP contribution in [0.1, 0.15) is 16.8 Å². The Morgan fingerprint density at radius 1 is 1.26 bits per heavy atom.